The van der Waals surface area contributed by atoms with Crippen LogP contribution in [0.4, 0.5) is 0 Å². The van der Waals surface area contributed by atoms with Crippen LogP contribution in [0.15, 0.2) is 9.32 Å². The van der Waals surface area contributed by atoms with Crippen molar-refractivity contribution in [3.8, 4) is 0 Å². The SMILES string of the molecule is CCCSCCCNC(=O)Cn1c(C)nc2onc(C)c2c1=O. The van der Waals surface area contributed by atoms with Crippen LogP contribution in [-0.2, 0) is 11.3 Å². The molecule has 0 aliphatic heterocycles. The maximum atomic E-state index is 12.5. The van der Waals surface area contributed by atoms with Crippen LogP contribution in [-0.4, -0.2) is 38.7 Å². The maximum Gasteiger partial charge on any atom is 0.267 e. The average Bonchev–Trinajstić information content (AvgIpc) is 2.88. The molecular weight excluding hydrogens is 316 g/mol. The minimum absolute atomic E-state index is 0.0413. The summed E-state index contributed by atoms with van der Waals surface area (Å²) in [5.41, 5.74) is 0.411. The third-order valence-corrected chi connectivity index (χ3v) is 4.67. The fourth-order valence-electron chi connectivity index (χ4n) is 2.20. The molecule has 2 rings (SSSR count). The summed E-state index contributed by atoms with van der Waals surface area (Å²) in [6.45, 7) is 6.08. The second-order valence-corrected chi connectivity index (χ2v) is 6.54. The number of nitrogens with zero attached hydrogens (tertiary/aromatic N) is 3. The van der Waals surface area contributed by atoms with Crippen LogP contribution in [0.1, 0.15) is 31.3 Å². The van der Waals surface area contributed by atoms with E-state index in [2.05, 4.69) is 22.4 Å². The van der Waals surface area contributed by atoms with E-state index in [-0.39, 0.29) is 23.7 Å². The molecule has 0 aromatic carbocycles. The summed E-state index contributed by atoms with van der Waals surface area (Å²) >= 11 is 1.88. The summed E-state index contributed by atoms with van der Waals surface area (Å²) in [4.78, 5) is 28.7. The molecule has 1 N–H and O–H groups in total. The number of rotatable bonds is 8. The summed E-state index contributed by atoms with van der Waals surface area (Å²) < 4.78 is 6.36. The highest BCUT2D eigenvalue weighted by Crippen LogP contribution is 2.11. The first kappa shape index (κ1) is 17.5. The first-order valence-electron chi connectivity index (χ1n) is 7.72. The molecule has 0 aliphatic rings. The monoisotopic (exact) mass is 338 g/mol. The van der Waals surface area contributed by atoms with Crippen molar-refractivity contribution < 1.29 is 9.32 Å². The highest BCUT2D eigenvalue weighted by Gasteiger charge is 2.16. The molecule has 2 aromatic rings. The van der Waals surface area contributed by atoms with Gasteiger partial charge in [0.25, 0.3) is 11.3 Å². The van der Waals surface area contributed by atoms with E-state index in [4.69, 9.17) is 4.52 Å². The number of hydrogen-bond acceptors (Lipinski definition) is 6. The molecule has 23 heavy (non-hydrogen) atoms. The lowest BCUT2D eigenvalue weighted by molar-refractivity contribution is -0.121. The van der Waals surface area contributed by atoms with E-state index < -0.39 is 0 Å². The fourth-order valence-corrected chi connectivity index (χ4v) is 3.04. The Morgan fingerprint density at radius 3 is 2.87 bits per heavy atom. The molecular formula is C15H22N4O3S. The Hall–Kier alpha value is -1.83. The van der Waals surface area contributed by atoms with E-state index in [1.54, 1.807) is 13.8 Å². The summed E-state index contributed by atoms with van der Waals surface area (Å²) in [6, 6.07) is 0. The number of carbonyl (C=O) groups excluding carboxylic acids is 1. The van der Waals surface area contributed by atoms with Gasteiger partial charge in [0.15, 0.2) is 0 Å². The Morgan fingerprint density at radius 1 is 1.35 bits per heavy atom. The molecule has 0 fully saturated rings. The molecule has 2 heterocycles. The highest BCUT2D eigenvalue weighted by atomic mass is 32.2. The smallest absolute Gasteiger partial charge is 0.267 e. The molecule has 7 nitrogen and oxygen atoms in total. The Morgan fingerprint density at radius 2 is 2.13 bits per heavy atom. The number of aryl methyl sites for hydroxylation is 2. The van der Waals surface area contributed by atoms with Gasteiger partial charge in [-0.25, -0.2) is 0 Å². The van der Waals surface area contributed by atoms with Gasteiger partial charge in [-0.1, -0.05) is 12.1 Å². The number of hydrogen-bond donors (Lipinski definition) is 1. The predicted molar refractivity (Wildman–Crippen MR) is 90.8 cm³/mol. The van der Waals surface area contributed by atoms with Gasteiger partial charge < -0.3 is 9.84 Å². The van der Waals surface area contributed by atoms with E-state index in [0.29, 0.717) is 23.4 Å². The Kier molecular flexibility index (Phi) is 6.20. The Labute approximate surface area is 138 Å². The van der Waals surface area contributed by atoms with Gasteiger partial charge in [0, 0.05) is 6.54 Å². The van der Waals surface area contributed by atoms with Crippen molar-refractivity contribution in [3.05, 3.63) is 21.9 Å². The quantitative estimate of drug-likeness (QED) is 0.736. The van der Waals surface area contributed by atoms with E-state index in [1.807, 2.05) is 11.8 Å². The van der Waals surface area contributed by atoms with Gasteiger partial charge in [-0.05, 0) is 38.2 Å². The van der Waals surface area contributed by atoms with Crippen LogP contribution >= 0.6 is 11.8 Å². The van der Waals surface area contributed by atoms with E-state index in [0.717, 1.165) is 24.3 Å². The molecule has 0 radical (unpaired) electrons. The van der Waals surface area contributed by atoms with Crippen molar-refractivity contribution in [2.75, 3.05) is 18.1 Å². The molecule has 8 heteroatoms. The first-order valence-corrected chi connectivity index (χ1v) is 8.88. The van der Waals surface area contributed by atoms with Gasteiger partial charge in [0.1, 0.15) is 17.8 Å². The molecule has 0 spiro atoms. The van der Waals surface area contributed by atoms with Crippen molar-refractivity contribution in [3.63, 3.8) is 0 Å². The van der Waals surface area contributed by atoms with Crippen LogP contribution in [0.3, 0.4) is 0 Å². The third kappa shape index (κ3) is 4.34. The third-order valence-electron chi connectivity index (χ3n) is 3.40. The zero-order valence-electron chi connectivity index (χ0n) is 13.7. The van der Waals surface area contributed by atoms with Gasteiger partial charge in [-0.15, -0.1) is 0 Å². The van der Waals surface area contributed by atoms with Crippen LogP contribution in [0.5, 0.6) is 0 Å². The molecule has 0 bridgehead atoms. The molecule has 0 unspecified atom stereocenters. The zero-order valence-corrected chi connectivity index (χ0v) is 14.5. The van der Waals surface area contributed by atoms with Crippen molar-refractivity contribution >= 4 is 28.8 Å². The number of carbonyl (C=O) groups is 1. The van der Waals surface area contributed by atoms with E-state index in [1.165, 1.54) is 4.57 Å². The van der Waals surface area contributed by atoms with E-state index in [9.17, 15) is 9.59 Å². The molecule has 0 atom stereocenters. The summed E-state index contributed by atoms with van der Waals surface area (Å²) in [6.07, 6.45) is 2.09. The fraction of sp³-hybridized carbons (Fsp3) is 0.600. The van der Waals surface area contributed by atoms with Gasteiger partial charge >= 0.3 is 0 Å². The van der Waals surface area contributed by atoms with Crippen LogP contribution in [0, 0.1) is 13.8 Å². The lowest BCUT2D eigenvalue weighted by Gasteiger charge is -2.09. The minimum Gasteiger partial charge on any atom is -0.355 e. The molecule has 1 amide bonds. The predicted octanol–water partition coefficient (Wildman–Crippen LogP) is 1.65. The molecule has 2 aromatic heterocycles. The number of thioether (sulfide) groups is 1. The van der Waals surface area contributed by atoms with Crippen molar-refractivity contribution in [2.45, 2.75) is 40.2 Å². The van der Waals surface area contributed by atoms with Gasteiger partial charge in [0.05, 0.1) is 5.69 Å². The molecule has 126 valence electrons. The van der Waals surface area contributed by atoms with Gasteiger partial charge in [-0.3, -0.25) is 14.2 Å². The lowest BCUT2D eigenvalue weighted by Crippen LogP contribution is -2.34. The second-order valence-electron chi connectivity index (χ2n) is 5.31. The van der Waals surface area contributed by atoms with Crippen molar-refractivity contribution in [2.24, 2.45) is 0 Å². The topological polar surface area (TPSA) is 90.0 Å². The number of nitrogens with one attached hydrogen (secondary N) is 1. The van der Waals surface area contributed by atoms with Crippen molar-refractivity contribution in [1.82, 2.24) is 20.0 Å². The second kappa shape index (κ2) is 8.14. The van der Waals surface area contributed by atoms with Crippen LogP contribution < -0.4 is 10.9 Å². The number of aromatic nitrogens is 3. The summed E-state index contributed by atoms with van der Waals surface area (Å²) in [7, 11) is 0. The maximum absolute atomic E-state index is 12.5. The summed E-state index contributed by atoms with van der Waals surface area (Å²) in [5.74, 6) is 2.42. The first-order chi connectivity index (χ1) is 11.0. The summed E-state index contributed by atoms with van der Waals surface area (Å²) in [5, 5.41) is 6.92. The largest absolute Gasteiger partial charge is 0.355 e. The normalized spacial score (nSPS) is 11.1. The Bertz CT molecular complexity index is 738. The zero-order chi connectivity index (χ0) is 16.8. The van der Waals surface area contributed by atoms with Gasteiger partial charge in [-0.2, -0.15) is 16.7 Å². The highest BCUT2D eigenvalue weighted by molar-refractivity contribution is 7.99. The van der Waals surface area contributed by atoms with E-state index >= 15 is 0 Å². The molecule has 0 saturated heterocycles. The number of amides is 1. The Balaban J connectivity index is 1.97. The lowest BCUT2D eigenvalue weighted by atomic mass is 10.3. The number of fused-ring (bicyclic) bond motifs is 1. The average molecular weight is 338 g/mol. The minimum atomic E-state index is -0.292. The molecule has 0 saturated carbocycles. The van der Waals surface area contributed by atoms with Crippen molar-refractivity contribution in [1.29, 1.82) is 0 Å². The molecule has 0 aliphatic carbocycles. The van der Waals surface area contributed by atoms with Gasteiger partial charge in [0.2, 0.25) is 5.91 Å². The standard InChI is InChI=1S/C15H22N4O3S/c1-4-7-23-8-5-6-16-12(20)9-19-11(3)17-14-13(15(19)21)10(2)18-22-14/h4-9H2,1-3H3,(H,16,20). The van der Waals surface area contributed by atoms with Crippen LogP contribution in [0.2, 0.25) is 0 Å². The van der Waals surface area contributed by atoms with Crippen LogP contribution in [0.25, 0.3) is 11.1 Å².